The Bertz CT molecular complexity index is 1560. The van der Waals surface area contributed by atoms with E-state index in [4.69, 9.17) is 42.8 Å². The van der Waals surface area contributed by atoms with Gasteiger partial charge < -0.3 is 84.1 Å². The van der Waals surface area contributed by atoms with E-state index in [0.29, 0.717) is 30.6 Å². The van der Waals surface area contributed by atoms with Crippen LogP contribution < -0.4 is 0 Å². The maximum atomic E-state index is 9.44. The van der Waals surface area contributed by atoms with Gasteiger partial charge in [-0.3, -0.25) is 0 Å². The van der Waals surface area contributed by atoms with Gasteiger partial charge in [-0.15, -0.1) is 32.9 Å². The van der Waals surface area contributed by atoms with Crippen molar-refractivity contribution >= 4 is 52.8 Å². The lowest BCUT2D eigenvalue weighted by Crippen LogP contribution is -2.37. The summed E-state index contributed by atoms with van der Waals surface area (Å²) in [7, 11) is -12.0. The first kappa shape index (κ1) is 86.0. The van der Waals surface area contributed by atoms with Gasteiger partial charge in [-0.05, 0) is 81.0 Å². The molecule has 0 aliphatic heterocycles. The summed E-state index contributed by atoms with van der Waals surface area (Å²) >= 11 is 0. The van der Waals surface area contributed by atoms with Crippen LogP contribution in [0.5, 0.6) is 0 Å². The van der Waals surface area contributed by atoms with Crippen LogP contribution in [0.1, 0.15) is 165 Å². The van der Waals surface area contributed by atoms with Gasteiger partial charge >= 0.3 is 52.8 Å². The van der Waals surface area contributed by atoms with Crippen molar-refractivity contribution in [3.8, 4) is 0 Å². The molecule has 12 N–H and O–H groups in total. The number of hydrogen-bond donors (Lipinski definition) is 12. The second-order valence-electron chi connectivity index (χ2n) is 19.0. The third kappa shape index (κ3) is 68.6. The molecule has 0 saturated carbocycles. The molecule has 79 heavy (non-hydrogen) atoms. The molecule has 0 spiro atoms. The molecule has 0 aliphatic rings. The molecule has 0 amide bonds. The van der Waals surface area contributed by atoms with Gasteiger partial charge in [0.25, 0.3) is 0 Å². The quantitative estimate of drug-likeness (QED) is 0.0165. The topological polar surface area (TPSA) is 298 Å². The van der Waals surface area contributed by atoms with Crippen LogP contribution in [0.25, 0.3) is 0 Å². The Morgan fingerprint density at radius 1 is 0.316 bits per heavy atom. The van der Waals surface area contributed by atoms with Gasteiger partial charge in [-0.25, -0.2) is 0 Å². The van der Waals surface area contributed by atoms with Crippen molar-refractivity contribution in [2.45, 2.75) is 197 Å². The summed E-state index contributed by atoms with van der Waals surface area (Å²) in [5.41, 5.74) is 3.47. The van der Waals surface area contributed by atoms with Gasteiger partial charge in [0.05, 0.1) is 0 Å². The van der Waals surface area contributed by atoms with E-state index in [2.05, 4.69) is 85.9 Å². The fraction of sp³-hybridized carbons (Fsp3) is 0.673. The van der Waals surface area contributed by atoms with E-state index in [1.807, 2.05) is 18.2 Å². The van der Waals surface area contributed by atoms with Crippen LogP contribution in [-0.4, -0.2) is 153 Å². The molecule has 0 radical (unpaired) electrons. The lowest BCUT2D eigenvalue weighted by molar-refractivity contribution is 0.182. The highest BCUT2D eigenvalue weighted by Crippen LogP contribution is 2.17. The lowest BCUT2D eigenvalue weighted by Gasteiger charge is -2.14. The number of benzene rings is 1. The highest BCUT2D eigenvalue weighted by atomic mass is 28.4. The van der Waals surface area contributed by atoms with Gasteiger partial charge in [0, 0.05) is 72.9 Å². The highest BCUT2D eigenvalue weighted by Gasteiger charge is 2.32. The van der Waals surface area contributed by atoms with E-state index in [1.54, 1.807) is 6.08 Å². The first-order chi connectivity index (χ1) is 37.2. The predicted octanol–water partition coefficient (Wildman–Crippen LogP) is 9.14. The summed E-state index contributed by atoms with van der Waals surface area (Å²) < 4.78 is 27.0. The maximum absolute atomic E-state index is 9.44. The Morgan fingerprint density at radius 2 is 0.608 bits per heavy atom. The molecule has 0 fully saturated rings. The van der Waals surface area contributed by atoms with Crippen molar-refractivity contribution in [3.63, 3.8) is 0 Å². The molecule has 0 unspecified atom stereocenters. The zero-order valence-electron chi connectivity index (χ0n) is 49.8. The van der Waals surface area contributed by atoms with E-state index in [-0.39, 0.29) is 6.04 Å². The van der Waals surface area contributed by atoms with Crippen LogP contribution in [0.15, 0.2) is 99.8 Å². The fourth-order valence-corrected chi connectivity index (χ4v) is 10.9. The van der Waals surface area contributed by atoms with Crippen molar-refractivity contribution in [2.24, 2.45) is 0 Å². The van der Waals surface area contributed by atoms with E-state index >= 15 is 0 Å². The summed E-state index contributed by atoms with van der Waals surface area (Å²) in [4.78, 5) is 108. The van der Waals surface area contributed by atoms with Crippen LogP contribution in [-0.2, 0) is 39.4 Å². The molecular formula is C55H114O18Si6. The smallest absolute Gasteiger partial charge is 0.390 e. The Balaban J connectivity index is -0.000000300. The summed E-state index contributed by atoms with van der Waals surface area (Å²) in [6, 6.07) is 9.93. The molecule has 466 valence electrons. The Hall–Kier alpha value is -1.76. The molecule has 0 saturated heterocycles. The molecule has 1 aromatic carbocycles. The van der Waals surface area contributed by atoms with Crippen molar-refractivity contribution in [2.75, 3.05) is 42.7 Å². The Morgan fingerprint density at radius 3 is 0.886 bits per heavy atom. The van der Waals surface area contributed by atoms with Crippen LogP contribution in [0.2, 0.25) is 30.2 Å². The predicted molar refractivity (Wildman–Crippen MR) is 333 cm³/mol. The van der Waals surface area contributed by atoms with E-state index in [0.717, 1.165) is 57.1 Å². The van der Waals surface area contributed by atoms with Gasteiger partial charge in [0.15, 0.2) is 0 Å². The molecule has 0 heterocycles. The van der Waals surface area contributed by atoms with Gasteiger partial charge in [0.2, 0.25) is 0 Å². The van der Waals surface area contributed by atoms with Gasteiger partial charge in [-0.2, -0.15) is 0 Å². The standard InChI is InChI=1S/C23H48O3Si.C13H20O3Si.C7H16O3Si.C5H12O3Si.C4H10O3Si.C3H8O3Si/c1-3-4-5-6-7-8-9-10-11-12-13-14-15-16-17-18-19-20-21-22-23-27(24,25)26-2;1-3-5-12-7-9-13(10-8-12)6-4-11-17(14,15)16-2;1-3-4-5-6-7-11(8,9)10-2;1-3-4-5-9(6,7)8-2;1-3-4-8(5,6)7-2;1-3-7(4,5)6-2/h3,24-25H,1,4-23H2,2H3;3,7-10,14-15H,1,4-6,11H2,2H3;3,8-9H,1,4-7H2,2H3;3,6-7H,1,4-5H2,2H3;3,5-6H,1,4H2,2H3;3-5H,1H2,2H3. The molecule has 0 atom stereocenters. The number of unbranched alkanes of at least 4 members (excludes halogenated alkanes) is 20. The lowest BCUT2D eigenvalue weighted by atomic mass is 10.0. The molecule has 18 nitrogen and oxygen atoms in total. The molecular weight excluding hydrogens is 1120 g/mol. The average Bonchev–Trinajstić information content (AvgIpc) is 3.42. The van der Waals surface area contributed by atoms with Crippen molar-refractivity contribution in [1.82, 2.24) is 0 Å². The minimum absolute atomic E-state index is 0.156. The molecule has 0 bridgehead atoms. The molecule has 24 heteroatoms. The Kier molecular flexibility index (Phi) is 61.8. The summed E-state index contributed by atoms with van der Waals surface area (Å²) in [6.45, 7) is 21.0. The second-order valence-corrected chi connectivity index (χ2v) is 33.0. The van der Waals surface area contributed by atoms with Crippen molar-refractivity contribution < 1.29 is 84.1 Å². The van der Waals surface area contributed by atoms with Crippen LogP contribution in [0.3, 0.4) is 0 Å². The monoisotopic (exact) mass is 1230 g/mol. The minimum Gasteiger partial charge on any atom is -0.390 e. The van der Waals surface area contributed by atoms with Crippen LogP contribution >= 0.6 is 0 Å². The number of aryl methyl sites for hydroxylation is 1. The molecule has 1 aromatic rings. The van der Waals surface area contributed by atoms with Gasteiger partial charge in [-0.1, -0.05) is 164 Å². The van der Waals surface area contributed by atoms with Crippen molar-refractivity contribution in [3.05, 3.63) is 111 Å². The Labute approximate surface area is 485 Å². The molecule has 0 aliphatic carbocycles. The highest BCUT2D eigenvalue weighted by molar-refractivity contribution is 6.63. The zero-order valence-corrected chi connectivity index (χ0v) is 55.8. The normalized spacial score (nSPS) is 11.6. The number of allylic oxidation sites excluding steroid dienone is 5. The third-order valence-electron chi connectivity index (χ3n) is 12.0. The maximum Gasteiger partial charge on any atom is 0.523 e. The molecule has 0 aromatic heterocycles. The van der Waals surface area contributed by atoms with E-state index < -0.39 is 52.8 Å². The summed E-state index contributed by atoms with van der Waals surface area (Å²) in [5.74, 6) is 0. The third-order valence-corrected chi connectivity index (χ3v) is 21.2. The second kappa shape index (κ2) is 56.7. The fourth-order valence-electron chi connectivity index (χ4n) is 6.70. The summed E-state index contributed by atoms with van der Waals surface area (Å²) in [6.07, 6.45) is 39.7. The SMILES string of the molecule is C=CCCCCCCCCCCCCCCCCCCCC[Si](O)(O)OC.C=CCCCC[Si](O)(O)OC.C=CCC[Si](O)(O)OC.C=CC[Si](O)(O)OC.C=CCc1ccc(CCC[Si](O)(O)OC)cc1.C=C[Si](O)(O)OC. The summed E-state index contributed by atoms with van der Waals surface area (Å²) in [5, 5.41) is 0. The zero-order chi connectivity index (χ0) is 61.4. The van der Waals surface area contributed by atoms with Crippen LogP contribution in [0.4, 0.5) is 0 Å². The number of hydrogen-bond acceptors (Lipinski definition) is 18. The largest absolute Gasteiger partial charge is 0.523 e. The minimum atomic E-state index is -3.39. The van der Waals surface area contributed by atoms with Crippen molar-refractivity contribution in [1.29, 1.82) is 0 Å². The average molecular weight is 1230 g/mol. The van der Waals surface area contributed by atoms with E-state index in [1.165, 1.54) is 169 Å². The number of rotatable bonds is 44. The van der Waals surface area contributed by atoms with Gasteiger partial charge in [0.1, 0.15) is 0 Å². The van der Waals surface area contributed by atoms with E-state index in [9.17, 15) is 19.2 Å². The first-order valence-electron chi connectivity index (χ1n) is 27.9. The molecule has 1 rings (SSSR count). The first-order valence-corrected chi connectivity index (χ1v) is 39.9. The van der Waals surface area contributed by atoms with Crippen LogP contribution in [0, 0.1) is 0 Å².